The van der Waals surface area contributed by atoms with E-state index in [9.17, 15) is 13.2 Å². The highest BCUT2D eigenvalue weighted by molar-refractivity contribution is 7.99. The zero-order valence-corrected chi connectivity index (χ0v) is 10.1. The number of rotatable bonds is 3. The zero-order chi connectivity index (χ0) is 12.3. The maximum Gasteiger partial charge on any atom is 0.416 e. The molecule has 5 heteroatoms. The highest BCUT2D eigenvalue weighted by Gasteiger charge is 2.29. The first-order chi connectivity index (χ1) is 8.05. The van der Waals surface area contributed by atoms with E-state index in [0.29, 0.717) is 6.04 Å². The molecule has 0 aliphatic carbocycles. The Hall–Kier alpha value is -0.680. The molecule has 0 radical (unpaired) electrons. The highest BCUT2D eigenvalue weighted by atomic mass is 32.2. The minimum absolute atomic E-state index is 0.502. The van der Waals surface area contributed by atoms with Crippen LogP contribution in [0, 0.1) is 0 Å². The van der Waals surface area contributed by atoms with Crippen LogP contribution in [-0.4, -0.2) is 18.3 Å². The fourth-order valence-electron chi connectivity index (χ4n) is 1.84. The molecule has 17 heavy (non-hydrogen) atoms. The van der Waals surface area contributed by atoms with Crippen LogP contribution in [-0.2, 0) is 6.18 Å². The van der Waals surface area contributed by atoms with Crippen LogP contribution in [0.15, 0.2) is 29.2 Å². The smallest absolute Gasteiger partial charge is 0.313 e. The van der Waals surface area contributed by atoms with E-state index in [1.54, 1.807) is 23.9 Å². The van der Waals surface area contributed by atoms with E-state index < -0.39 is 11.7 Å². The van der Waals surface area contributed by atoms with Crippen LogP contribution in [0.1, 0.15) is 18.4 Å². The molecule has 1 N–H and O–H groups in total. The van der Waals surface area contributed by atoms with Crippen molar-refractivity contribution in [3.8, 4) is 0 Å². The third-order valence-electron chi connectivity index (χ3n) is 2.80. The van der Waals surface area contributed by atoms with Crippen LogP contribution < -0.4 is 5.32 Å². The Bertz CT molecular complexity index is 355. The molecular weight excluding hydrogens is 247 g/mol. The summed E-state index contributed by atoms with van der Waals surface area (Å²) in [4.78, 5) is 0.895. The van der Waals surface area contributed by atoms with Gasteiger partial charge >= 0.3 is 6.18 Å². The number of nitrogens with one attached hydrogen (secondary N) is 1. The maximum absolute atomic E-state index is 12.3. The molecule has 0 bridgehead atoms. The van der Waals surface area contributed by atoms with Gasteiger partial charge in [0.25, 0.3) is 0 Å². The molecule has 1 fully saturated rings. The molecule has 0 aromatic heterocycles. The summed E-state index contributed by atoms with van der Waals surface area (Å²) in [5.41, 5.74) is -0.583. The summed E-state index contributed by atoms with van der Waals surface area (Å²) in [6, 6.07) is 5.88. The van der Waals surface area contributed by atoms with Gasteiger partial charge in [0.05, 0.1) is 5.56 Å². The second-order valence-corrected chi connectivity index (χ2v) is 5.22. The van der Waals surface area contributed by atoms with Gasteiger partial charge in [0, 0.05) is 16.7 Å². The summed E-state index contributed by atoms with van der Waals surface area (Å²) in [7, 11) is 0. The lowest BCUT2D eigenvalue weighted by Gasteiger charge is -2.10. The Kier molecular flexibility index (Phi) is 3.99. The average Bonchev–Trinajstić information content (AvgIpc) is 2.78. The van der Waals surface area contributed by atoms with Gasteiger partial charge < -0.3 is 5.32 Å². The quantitative estimate of drug-likeness (QED) is 0.835. The van der Waals surface area contributed by atoms with Crippen LogP contribution >= 0.6 is 11.8 Å². The fourth-order valence-corrected chi connectivity index (χ4v) is 2.84. The molecule has 2 rings (SSSR count). The fraction of sp³-hybridized carbons (Fsp3) is 0.500. The Morgan fingerprint density at radius 1 is 1.24 bits per heavy atom. The second-order valence-electron chi connectivity index (χ2n) is 4.13. The van der Waals surface area contributed by atoms with Crippen molar-refractivity contribution in [2.75, 3.05) is 12.3 Å². The molecule has 94 valence electrons. The van der Waals surface area contributed by atoms with Crippen LogP contribution in [0.25, 0.3) is 0 Å². The predicted molar refractivity (Wildman–Crippen MR) is 63.2 cm³/mol. The van der Waals surface area contributed by atoms with Crippen molar-refractivity contribution in [1.82, 2.24) is 5.32 Å². The third-order valence-corrected chi connectivity index (χ3v) is 3.97. The number of hydrogen-bond acceptors (Lipinski definition) is 2. The van der Waals surface area contributed by atoms with Crippen molar-refractivity contribution in [3.63, 3.8) is 0 Å². The number of benzene rings is 1. The molecule has 1 aliphatic heterocycles. The molecule has 1 unspecified atom stereocenters. The number of hydrogen-bond donors (Lipinski definition) is 1. The van der Waals surface area contributed by atoms with Crippen LogP contribution in [0.3, 0.4) is 0 Å². The molecule has 1 saturated heterocycles. The van der Waals surface area contributed by atoms with Crippen LogP contribution in [0.5, 0.6) is 0 Å². The standard InChI is InChI=1S/C12H14F3NS/c13-12(14,15)9-3-5-11(6-4-9)17-8-10-2-1-7-16-10/h3-6,10,16H,1-2,7-8H2. The zero-order valence-electron chi connectivity index (χ0n) is 9.26. The predicted octanol–water partition coefficient (Wildman–Crippen LogP) is 3.55. The van der Waals surface area contributed by atoms with Crippen molar-refractivity contribution in [3.05, 3.63) is 29.8 Å². The van der Waals surface area contributed by atoms with E-state index in [-0.39, 0.29) is 0 Å². The lowest BCUT2D eigenvalue weighted by Crippen LogP contribution is -2.23. The molecule has 0 saturated carbocycles. The number of thioether (sulfide) groups is 1. The molecule has 1 aliphatic rings. The molecule has 0 amide bonds. The number of alkyl halides is 3. The van der Waals surface area contributed by atoms with Crippen LogP contribution in [0.2, 0.25) is 0 Å². The van der Waals surface area contributed by atoms with E-state index in [4.69, 9.17) is 0 Å². The molecule has 0 spiro atoms. The van der Waals surface area contributed by atoms with Gasteiger partial charge in [-0.1, -0.05) is 0 Å². The van der Waals surface area contributed by atoms with Crippen molar-refractivity contribution in [2.24, 2.45) is 0 Å². The molecule has 1 atom stereocenters. The Morgan fingerprint density at radius 2 is 1.94 bits per heavy atom. The topological polar surface area (TPSA) is 12.0 Å². The van der Waals surface area contributed by atoms with E-state index >= 15 is 0 Å². The lowest BCUT2D eigenvalue weighted by atomic mass is 10.2. The summed E-state index contributed by atoms with van der Waals surface area (Å²) in [5.74, 6) is 0.922. The summed E-state index contributed by atoms with van der Waals surface area (Å²) in [6.07, 6.45) is -1.89. The monoisotopic (exact) mass is 261 g/mol. The van der Waals surface area contributed by atoms with Crippen molar-refractivity contribution >= 4 is 11.8 Å². The van der Waals surface area contributed by atoms with E-state index in [1.165, 1.54) is 6.42 Å². The average molecular weight is 261 g/mol. The third kappa shape index (κ3) is 3.64. The van der Waals surface area contributed by atoms with Gasteiger partial charge in [-0.05, 0) is 43.7 Å². The van der Waals surface area contributed by atoms with E-state index in [2.05, 4.69) is 5.32 Å². The van der Waals surface area contributed by atoms with Gasteiger partial charge in [0.1, 0.15) is 0 Å². The van der Waals surface area contributed by atoms with Crippen molar-refractivity contribution < 1.29 is 13.2 Å². The first-order valence-corrected chi connectivity index (χ1v) is 6.58. The summed E-state index contributed by atoms with van der Waals surface area (Å²) < 4.78 is 37.0. The SMILES string of the molecule is FC(F)(F)c1ccc(SCC2CCCN2)cc1. The molecule has 1 heterocycles. The summed E-state index contributed by atoms with van der Waals surface area (Å²) in [6.45, 7) is 1.05. The largest absolute Gasteiger partial charge is 0.416 e. The van der Waals surface area contributed by atoms with Gasteiger partial charge in [-0.3, -0.25) is 0 Å². The van der Waals surface area contributed by atoms with Crippen molar-refractivity contribution in [1.29, 1.82) is 0 Å². The van der Waals surface area contributed by atoms with Gasteiger partial charge in [-0.15, -0.1) is 11.8 Å². The van der Waals surface area contributed by atoms with Gasteiger partial charge in [-0.25, -0.2) is 0 Å². The highest BCUT2D eigenvalue weighted by Crippen LogP contribution is 2.31. The summed E-state index contributed by atoms with van der Waals surface area (Å²) in [5, 5.41) is 3.36. The number of halogens is 3. The molecule has 1 aromatic rings. The summed E-state index contributed by atoms with van der Waals surface area (Å²) >= 11 is 1.61. The van der Waals surface area contributed by atoms with Crippen molar-refractivity contribution in [2.45, 2.75) is 30.0 Å². The van der Waals surface area contributed by atoms with Crippen LogP contribution in [0.4, 0.5) is 13.2 Å². The second kappa shape index (κ2) is 5.31. The van der Waals surface area contributed by atoms with E-state index in [1.807, 2.05) is 0 Å². The first kappa shape index (κ1) is 12.8. The Labute approximate surface area is 103 Å². The normalized spacial score (nSPS) is 20.8. The maximum atomic E-state index is 12.3. The lowest BCUT2D eigenvalue weighted by molar-refractivity contribution is -0.137. The van der Waals surface area contributed by atoms with E-state index in [0.717, 1.165) is 35.7 Å². The van der Waals surface area contributed by atoms with Gasteiger partial charge in [0.2, 0.25) is 0 Å². The minimum Gasteiger partial charge on any atom is -0.313 e. The molecule has 1 nitrogen and oxygen atoms in total. The molecule has 1 aromatic carbocycles. The Balaban J connectivity index is 1.89. The first-order valence-electron chi connectivity index (χ1n) is 5.59. The Morgan fingerprint density at radius 3 is 2.47 bits per heavy atom. The van der Waals surface area contributed by atoms with Gasteiger partial charge in [-0.2, -0.15) is 13.2 Å². The molecular formula is C12H14F3NS. The van der Waals surface area contributed by atoms with Gasteiger partial charge in [0.15, 0.2) is 0 Å². The minimum atomic E-state index is -4.24.